The van der Waals surface area contributed by atoms with Crippen molar-refractivity contribution in [2.24, 2.45) is 23.2 Å². The summed E-state index contributed by atoms with van der Waals surface area (Å²) in [5.74, 6) is -3.87. The molecule has 3 rings (SSSR count). The molecule has 0 aliphatic heterocycles. The highest BCUT2D eigenvalue weighted by Crippen LogP contribution is 2.54. The first-order valence-corrected chi connectivity index (χ1v) is 10.6. The van der Waals surface area contributed by atoms with Gasteiger partial charge in [-0.05, 0) is 50.7 Å². The molecule has 0 radical (unpaired) electrons. The van der Waals surface area contributed by atoms with Crippen LogP contribution in [0.5, 0.6) is 0 Å². The first-order valence-electron chi connectivity index (χ1n) is 10.6. The fourth-order valence-electron chi connectivity index (χ4n) is 4.85. The van der Waals surface area contributed by atoms with Crippen LogP contribution < -0.4 is 0 Å². The summed E-state index contributed by atoms with van der Waals surface area (Å²) >= 11 is 0. The van der Waals surface area contributed by atoms with E-state index in [1.54, 1.807) is 19.9 Å². The van der Waals surface area contributed by atoms with Gasteiger partial charge in [0, 0.05) is 11.5 Å². The Morgan fingerprint density at radius 1 is 1.06 bits per heavy atom. The van der Waals surface area contributed by atoms with Crippen molar-refractivity contribution in [3.8, 4) is 0 Å². The van der Waals surface area contributed by atoms with Crippen molar-refractivity contribution in [2.45, 2.75) is 33.1 Å². The molecule has 3 atom stereocenters. The lowest BCUT2D eigenvalue weighted by atomic mass is 9.64. The molecular formula is C24H28O7. The molecule has 0 aromatic heterocycles. The van der Waals surface area contributed by atoms with Gasteiger partial charge in [0.1, 0.15) is 0 Å². The molecule has 7 nitrogen and oxygen atoms in total. The molecule has 0 unspecified atom stereocenters. The van der Waals surface area contributed by atoms with E-state index in [0.717, 1.165) is 5.56 Å². The second-order valence-electron chi connectivity index (χ2n) is 7.91. The predicted molar refractivity (Wildman–Crippen MR) is 111 cm³/mol. The first-order chi connectivity index (χ1) is 14.9. The highest BCUT2D eigenvalue weighted by Gasteiger charge is 2.61. The standard InChI is InChI=1S/C24H28O7/c1-4-30-22(27)24(23(28)31-5-2)12-11-16-18(14-24)19(21(26)29-3)17(20(16)25)13-15-9-7-6-8-10-15/h6-10,13,16,18-19H,4-5,11-12,14H2,1-3H3/b17-13-/t16-,18+,19+/m1/s1. The number of hydrogen-bond donors (Lipinski definition) is 0. The quantitative estimate of drug-likeness (QED) is 0.297. The molecule has 7 heteroatoms. The molecule has 0 amide bonds. The molecular weight excluding hydrogens is 400 g/mol. The van der Waals surface area contributed by atoms with Gasteiger partial charge in [-0.3, -0.25) is 19.2 Å². The number of carbonyl (C=O) groups excluding carboxylic acids is 4. The van der Waals surface area contributed by atoms with Crippen LogP contribution in [0.3, 0.4) is 0 Å². The number of methoxy groups -OCH3 is 1. The minimum atomic E-state index is -1.53. The van der Waals surface area contributed by atoms with E-state index in [-0.39, 0.29) is 31.8 Å². The summed E-state index contributed by atoms with van der Waals surface area (Å²) in [5, 5.41) is 0. The fraction of sp³-hybridized carbons (Fsp3) is 0.500. The second-order valence-corrected chi connectivity index (χ2v) is 7.91. The molecule has 0 bridgehead atoms. The summed E-state index contributed by atoms with van der Waals surface area (Å²) < 4.78 is 15.5. The molecule has 166 valence electrons. The van der Waals surface area contributed by atoms with E-state index in [4.69, 9.17) is 14.2 Å². The van der Waals surface area contributed by atoms with Gasteiger partial charge in [-0.2, -0.15) is 0 Å². The van der Waals surface area contributed by atoms with Crippen molar-refractivity contribution < 1.29 is 33.4 Å². The van der Waals surface area contributed by atoms with Crippen molar-refractivity contribution in [2.75, 3.05) is 20.3 Å². The molecule has 2 aliphatic rings. The number of ether oxygens (including phenoxy) is 3. The summed E-state index contributed by atoms with van der Waals surface area (Å²) in [6.07, 6.45) is 2.15. The summed E-state index contributed by atoms with van der Waals surface area (Å²) in [6.45, 7) is 3.57. The number of fused-ring (bicyclic) bond motifs is 1. The van der Waals surface area contributed by atoms with E-state index in [1.807, 2.05) is 30.3 Å². The molecule has 0 heterocycles. The zero-order chi connectivity index (χ0) is 22.6. The summed E-state index contributed by atoms with van der Waals surface area (Å²) in [5.41, 5.74) is -0.376. The maximum atomic E-state index is 13.3. The van der Waals surface area contributed by atoms with Gasteiger partial charge in [-0.25, -0.2) is 0 Å². The third-order valence-electron chi connectivity index (χ3n) is 6.28. The molecule has 1 aromatic carbocycles. The number of Topliss-reactive ketones (excluding diaryl/α,β-unsaturated/α-hetero) is 1. The molecule has 31 heavy (non-hydrogen) atoms. The third kappa shape index (κ3) is 4.13. The van der Waals surface area contributed by atoms with E-state index in [2.05, 4.69) is 0 Å². The summed E-state index contributed by atoms with van der Waals surface area (Å²) in [7, 11) is 1.27. The maximum Gasteiger partial charge on any atom is 0.323 e. The zero-order valence-electron chi connectivity index (χ0n) is 18.1. The van der Waals surface area contributed by atoms with E-state index in [0.29, 0.717) is 12.0 Å². The van der Waals surface area contributed by atoms with E-state index in [1.165, 1.54) is 7.11 Å². The molecule has 2 fully saturated rings. The largest absolute Gasteiger partial charge is 0.469 e. The SMILES string of the molecule is CCOC(=O)C1(C(=O)OCC)CC[C@H]2C(=O)/C(=C\c3ccccc3)[C@H](C(=O)OC)[C@H]2C1. The van der Waals surface area contributed by atoms with Crippen molar-refractivity contribution >= 4 is 29.8 Å². The Bertz CT molecular complexity index is 868. The Kier molecular flexibility index (Phi) is 6.93. The number of ketones is 1. The monoisotopic (exact) mass is 428 g/mol. The Morgan fingerprint density at radius 3 is 2.23 bits per heavy atom. The van der Waals surface area contributed by atoms with Crippen LogP contribution in [-0.2, 0) is 33.4 Å². The van der Waals surface area contributed by atoms with Gasteiger partial charge in [0.15, 0.2) is 11.2 Å². The average Bonchev–Trinajstić information content (AvgIpc) is 3.04. The average molecular weight is 428 g/mol. The lowest BCUT2D eigenvalue weighted by Crippen LogP contribution is -2.48. The van der Waals surface area contributed by atoms with Crippen LogP contribution in [0.25, 0.3) is 6.08 Å². The Morgan fingerprint density at radius 2 is 1.68 bits per heavy atom. The van der Waals surface area contributed by atoms with Crippen LogP contribution in [0, 0.1) is 23.2 Å². The minimum Gasteiger partial charge on any atom is -0.469 e. The van der Waals surface area contributed by atoms with Crippen LogP contribution in [0.2, 0.25) is 0 Å². The van der Waals surface area contributed by atoms with Crippen molar-refractivity contribution in [3.05, 3.63) is 41.5 Å². The normalized spacial score (nSPS) is 25.6. The molecule has 0 saturated heterocycles. The van der Waals surface area contributed by atoms with Crippen molar-refractivity contribution in [1.82, 2.24) is 0 Å². The highest BCUT2D eigenvalue weighted by molar-refractivity contribution is 6.09. The van der Waals surface area contributed by atoms with E-state index >= 15 is 0 Å². The lowest BCUT2D eigenvalue weighted by molar-refractivity contribution is -0.178. The maximum absolute atomic E-state index is 13.3. The van der Waals surface area contributed by atoms with Crippen LogP contribution in [0.1, 0.15) is 38.7 Å². The Hall–Kier alpha value is -2.96. The minimum absolute atomic E-state index is 0.00691. The smallest absolute Gasteiger partial charge is 0.323 e. The number of hydrogen-bond acceptors (Lipinski definition) is 7. The summed E-state index contributed by atoms with van der Waals surface area (Å²) in [4.78, 5) is 51.8. The lowest BCUT2D eigenvalue weighted by Gasteiger charge is -2.38. The highest BCUT2D eigenvalue weighted by atomic mass is 16.6. The van der Waals surface area contributed by atoms with Gasteiger partial charge in [-0.1, -0.05) is 30.3 Å². The third-order valence-corrected chi connectivity index (χ3v) is 6.28. The molecule has 2 saturated carbocycles. The second kappa shape index (κ2) is 9.45. The first kappa shape index (κ1) is 22.7. The van der Waals surface area contributed by atoms with Crippen LogP contribution >= 0.6 is 0 Å². The van der Waals surface area contributed by atoms with Crippen LogP contribution in [0.15, 0.2) is 35.9 Å². The molecule has 0 spiro atoms. The topological polar surface area (TPSA) is 96.0 Å². The zero-order valence-corrected chi connectivity index (χ0v) is 18.1. The molecule has 1 aromatic rings. The molecule has 0 N–H and O–H groups in total. The van der Waals surface area contributed by atoms with E-state index < -0.39 is 41.1 Å². The van der Waals surface area contributed by atoms with E-state index in [9.17, 15) is 19.2 Å². The Labute approximate surface area is 181 Å². The van der Waals surface area contributed by atoms with Crippen molar-refractivity contribution in [1.29, 1.82) is 0 Å². The number of rotatable bonds is 6. The fourth-order valence-corrected chi connectivity index (χ4v) is 4.85. The van der Waals surface area contributed by atoms with Gasteiger partial charge in [0.05, 0.1) is 26.2 Å². The number of carbonyl (C=O) groups is 4. The van der Waals surface area contributed by atoms with Gasteiger partial charge in [-0.15, -0.1) is 0 Å². The number of benzene rings is 1. The predicted octanol–water partition coefficient (Wildman–Crippen LogP) is 2.97. The summed E-state index contributed by atoms with van der Waals surface area (Å²) in [6, 6.07) is 9.25. The van der Waals surface area contributed by atoms with Gasteiger partial charge >= 0.3 is 17.9 Å². The van der Waals surface area contributed by atoms with Gasteiger partial charge in [0.25, 0.3) is 0 Å². The van der Waals surface area contributed by atoms with Crippen molar-refractivity contribution in [3.63, 3.8) is 0 Å². The Balaban J connectivity index is 2.04. The number of esters is 3. The van der Waals surface area contributed by atoms with Gasteiger partial charge < -0.3 is 14.2 Å². The van der Waals surface area contributed by atoms with Crippen LogP contribution in [-0.4, -0.2) is 44.0 Å². The molecule has 2 aliphatic carbocycles. The van der Waals surface area contributed by atoms with Gasteiger partial charge in [0.2, 0.25) is 0 Å². The van der Waals surface area contributed by atoms with Crippen LogP contribution in [0.4, 0.5) is 0 Å².